The van der Waals surface area contributed by atoms with Crippen molar-refractivity contribution in [1.29, 1.82) is 0 Å². The summed E-state index contributed by atoms with van der Waals surface area (Å²) in [4.78, 5) is 12.1. The number of rotatable bonds is 7. The maximum atomic E-state index is 13.1. The summed E-state index contributed by atoms with van der Waals surface area (Å²) >= 11 is 3.37. The zero-order valence-electron chi connectivity index (χ0n) is 15.1. The van der Waals surface area contributed by atoms with E-state index in [0.29, 0.717) is 13.1 Å². The lowest BCUT2D eigenvalue weighted by Gasteiger charge is -2.34. The number of hydrogen-bond donors (Lipinski definition) is 2. The van der Waals surface area contributed by atoms with Crippen molar-refractivity contribution < 1.29 is 13.9 Å². The summed E-state index contributed by atoms with van der Waals surface area (Å²) in [7, 11) is 0. The molecule has 0 atom stereocenters. The molecule has 0 saturated carbocycles. The molecular weight excluding hydrogens is 375 g/mol. The van der Waals surface area contributed by atoms with Crippen molar-refractivity contribution in [1.82, 2.24) is 10.6 Å². The summed E-state index contributed by atoms with van der Waals surface area (Å²) in [5.41, 5.74) is 0.0632. The van der Waals surface area contributed by atoms with Gasteiger partial charge in [0.2, 0.25) is 0 Å². The van der Waals surface area contributed by atoms with Crippen LogP contribution in [0.1, 0.15) is 53.0 Å². The van der Waals surface area contributed by atoms with Gasteiger partial charge >= 0.3 is 6.09 Å². The van der Waals surface area contributed by atoms with E-state index in [4.69, 9.17) is 4.74 Å². The predicted molar refractivity (Wildman–Crippen MR) is 98.5 cm³/mol. The van der Waals surface area contributed by atoms with Crippen molar-refractivity contribution in [3.05, 3.63) is 34.1 Å². The lowest BCUT2D eigenvalue weighted by atomic mass is 9.92. The average Bonchev–Trinajstić information content (AvgIpc) is 2.46. The number of benzene rings is 1. The molecule has 0 bridgehead atoms. The van der Waals surface area contributed by atoms with Crippen molar-refractivity contribution in [2.45, 2.75) is 65.1 Å². The maximum Gasteiger partial charge on any atom is 0.408 e. The molecule has 4 nitrogen and oxygen atoms in total. The van der Waals surface area contributed by atoms with Gasteiger partial charge in [-0.1, -0.05) is 35.8 Å². The minimum atomic E-state index is -0.524. The fourth-order valence-electron chi connectivity index (χ4n) is 2.34. The van der Waals surface area contributed by atoms with Crippen LogP contribution in [0.5, 0.6) is 0 Å². The third-order valence-electron chi connectivity index (χ3n) is 3.91. The molecule has 0 aromatic heterocycles. The van der Waals surface area contributed by atoms with Crippen molar-refractivity contribution in [2.75, 3.05) is 6.54 Å². The van der Waals surface area contributed by atoms with Gasteiger partial charge in [-0.05, 0) is 51.3 Å². The minimum Gasteiger partial charge on any atom is -0.444 e. The lowest BCUT2D eigenvalue weighted by Crippen LogP contribution is -2.55. The Hall–Kier alpha value is -1.14. The van der Waals surface area contributed by atoms with Crippen molar-refractivity contribution >= 4 is 22.0 Å². The topological polar surface area (TPSA) is 50.4 Å². The first-order chi connectivity index (χ1) is 11.1. The van der Waals surface area contributed by atoms with Crippen LogP contribution in [0.25, 0.3) is 0 Å². The summed E-state index contributed by atoms with van der Waals surface area (Å²) in [6, 6.07) is 4.63. The third-order valence-corrected chi connectivity index (χ3v) is 4.65. The highest BCUT2D eigenvalue weighted by Crippen LogP contribution is 2.19. The molecule has 0 saturated heterocycles. The largest absolute Gasteiger partial charge is 0.444 e. The zero-order chi connectivity index (χ0) is 18.4. The van der Waals surface area contributed by atoms with E-state index in [0.717, 1.165) is 22.9 Å². The summed E-state index contributed by atoms with van der Waals surface area (Å²) in [6.45, 7) is 10.8. The van der Waals surface area contributed by atoms with Gasteiger partial charge in [0.1, 0.15) is 11.4 Å². The predicted octanol–water partition coefficient (Wildman–Crippen LogP) is 4.76. The van der Waals surface area contributed by atoms with Gasteiger partial charge in [-0.3, -0.25) is 0 Å². The maximum absolute atomic E-state index is 13.1. The molecule has 0 fully saturated rings. The van der Waals surface area contributed by atoms with Gasteiger partial charge < -0.3 is 15.4 Å². The van der Waals surface area contributed by atoms with Crippen LogP contribution in [0.3, 0.4) is 0 Å². The van der Waals surface area contributed by atoms with Crippen LogP contribution in [0.2, 0.25) is 0 Å². The SMILES string of the molecule is CCC(CC)(CNCc1ccc(F)cc1Br)NC(=O)OC(C)(C)C. The second-order valence-electron chi connectivity index (χ2n) is 6.95. The summed E-state index contributed by atoms with van der Waals surface area (Å²) in [5, 5.41) is 6.35. The Morgan fingerprint density at radius 1 is 1.25 bits per heavy atom. The van der Waals surface area contributed by atoms with Gasteiger partial charge in [-0.25, -0.2) is 9.18 Å². The van der Waals surface area contributed by atoms with E-state index >= 15 is 0 Å². The highest BCUT2D eigenvalue weighted by molar-refractivity contribution is 9.10. The second kappa shape index (κ2) is 8.81. The first kappa shape index (κ1) is 20.9. The van der Waals surface area contributed by atoms with Gasteiger partial charge in [0.15, 0.2) is 0 Å². The molecule has 24 heavy (non-hydrogen) atoms. The first-order valence-corrected chi connectivity index (χ1v) is 9.06. The fourth-order valence-corrected chi connectivity index (χ4v) is 2.83. The molecule has 1 aromatic carbocycles. The number of hydrogen-bond acceptors (Lipinski definition) is 3. The van der Waals surface area contributed by atoms with E-state index in [1.54, 1.807) is 6.07 Å². The Balaban J connectivity index is 2.66. The molecule has 1 amide bonds. The van der Waals surface area contributed by atoms with E-state index in [1.165, 1.54) is 12.1 Å². The van der Waals surface area contributed by atoms with Gasteiger partial charge in [-0.15, -0.1) is 0 Å². The van der Waals surface area contributed by atoms with Crippen molar-refractivity contribution in [3.63, 3.8) is 0 Å². The zero-order valence-corrected chi connectivity index (χ0v) is 16.7. The highest BCUT2D eigenvalue weighted by atomic mass is 79.9. The number of alkyl carbamates (subject to hydrolysis) is 1. The molecular formula is C18H28BrFN2O2. The Kier molecular flexibility index (Phi) is 7.67. The quantitative estimate of drug-likeness (QED) is 0.690. The minimum absolute atomic E-state index is 0.270. The molecule has 0 aliphatic heterocycles. The van der Waals surface area contributed by atoms with Crippen molar-refractivity contribution in [3.8, 4) is 0 Å². The number of carbonyl (C=O) groups excluding carboxylic acids is 1. The lowest BCUT2D eigenvalue weighted by molar-refractivity contribution is 0.0446. The number of nitrogens with one attached hydrogen (secondary N) is 2. The Labute approximate surface area is 152 Å². The normalized spacial score (nSPS) is 12.1. The molecule has 0 unspecified atom stereocenters. The van der Waals surface area contributed by atoms with Gasteiger partial charge in [0.25, 0.3) is 0 Å². The second-order valence-corrected chi connectivity index (χ2v) is 7.81. The van der Waals surface area contributed by atoms with Crippen molar-refractivity contribution in [2.24, 2.45) is 0 Å². The third kappa shape index (κ3) is 6.77. The fraction of sp³-hybridized carbons (Fsp3) is 0.611. The van der Waals surface area contributed by atoms with Crippen LogP contribution in [0.4, 0.5) is 9.18 Å². The van der Waals surface area contributed by atoms with E-state index in [2.05, 4.69) is 26.6 Å². The molecule has 2 N–H and O–H groups in total. The highest BCUT2D eigenvalue weighted by Gasteiger charge is 2.30. The molecule has 6 heteroatoms. The molecule has 1 rings (SSSR count). The Morgan fingerprint density at radius 3 is 2.38 bits per heavy atom. The number of halogens is 2. The molecule has 0 aliphatic rings. The Morgan fingerprint density at radius 2 is 1.88 bits per heavy atom. The van der Waals surface area contributed by atoms with E-state index < -0.39 is 11.7 Å². The molecule has 0 spiro atoms. The van der Waals surface area contributed by atoms with Crippen LogP contribution in [-0.2, 0) is 11.3 Å². The molecule has 0 radical (unpaired) electrons. The first-order valence-electron chi connectivity index (χ1n) is 8.26. The van der Waals surface area contributed by atoms with Crippen LogP contribution in [0.15, 0.2) is 22.7 Å². The van der Waals surface area contributed by atoms with Crippen LogP contribution in [0, 0.1) is 5.82 Å². The van der Waals surface area contributed by atoms with Crippen LogP contribution in [-0.4, -0.2) is 23.8 Å². The van der Waals surface area contributed by atoms with Crippen LogP contribution >= 0.6 is 15.9 Å². The summed E-state index contributed by atoms with van der Waals surface area (Å²) in [5.74, 6) is -0.270. The average molecular weight is 403 g/mol. The Bertz CT molecular complexity index is 554. The smallest absolute Gasteiger partial charge is 0.408 e. The monoisotopic (exact) mass is 402 g/mol. The van der Waals surface area contributed by atoms with Gasteiger partial charge in [-0.2, -0.15) is 0 Å². The molecule has 0 heterocycles. The standard InChI is InChI=1S/C18H28BrFN2O2/c1-6-18(7-2,22-16(23)24-17(3,4)5)12-21-11-13-8-9-14(20)10-15(13)19/h8-10,21H,6-7,11-12H2,1-5H3,(H,22,23). The van der Waals surface area contributed by atoms with E-state index in [-0.39, 0.29) is 11.4 Å². The number of carbonyl (C=O) groups is 1. The molecule has 1 aromatic rings. The number of ether oxygens (including phenoxy) is 1. The molecule has 136 valence electrons. The van der Waals surface area contributed by atoms with E-state index in [1.807, 2.05) is 34.6 Å². The van der Waals surface area contributed by atoms with Gasteiger partial charge in [0, 0.05) is 17.6 Å². The van der Waals surface area contributed by atoms with Crippen LogP contribution < -0.4 is 10.6 Å². The van der Waals surface area contributed by atoms with E-state index in [9.17, 15) is 9.18 Å². The summed E-state index contributed by atoms with van der Waals surface area (Å²) < 4.78 is 19.2. The van der Waals surface area contributed by atoms with Gasteiger partial charge in [0.05, 0.1) is 5.54 Å². The molecule has 0 aliphatic carbocycles. The number of amides is 1. The summed E-state index contributed by atoms with van der Waals surface area (Å²) in [6.07, 6.45) is 1.15.